The second kappa shape index (κ2) is 14.0. The molecule has 55 heavy (non-hydrogen) atoms. The average Bonchev–Trinajstić information content (AvgIpc) is 3.66. The molecule has 258 valence electrons. The van der Waals surface area contributed by atoms with Crippen LogP contribution in [-0.2, 0) is 0 Å². The first-order valence-electron chi connectivity index (χ1n) is 18.0. The van der Waals surface area contributed by atoms with Gasteiger partial charge < -0.3 is 0 Å². The zero-order valence-corrected chi connectivity index (χ0v) is 30.2. The van der Waals surface area contributed by atoms with E-state index >= 15 is 0 Å². The van der Waals surface area contributed by atoms with Crippen LogP contribution in [-0.4, -0.2) is 29.9 Å². The topological polar surface area (TPSA) is 77.3 Å². The molecular formula is C48H30N6S. The van der Waals surface area contributed by atoms with Crippen LogP contribution in [0, 0.1) is 0 Å². The van der Waals surface area contributed by atoms with E-state index in [2.05, 4.69) is 84.9 Å². The molecule has 3 heterocycles. The van der Waals surface area contributed by atoms with Crippen molar-refractivity contribution in [3.63, 3.8) is 0 Å². The van der Waals surface area contributed by atoms with Gasteiger partial charge in [0.15, 0.2) is 34.9 Å². The van der Waals surface area contributed by atoms with Crippen LogP contribution in [0.5, 0.6) is 0 Å². The van der Waals surface area contributed by atoms with Gasteiger partial charge in [0.1, 0.15) is 0 Å². The summed E-state index contributed by atoms with van der Waals surface area (Å²) >= 11 is 1.75. The fraction of sp³-hybridized carbons (Fsp3) is 0. The van der Waals surface area contributed by atoms with Crippen LogP contribution < -0.4 is 0 Å². The van der Waals surface area contributed by atoms with Gasteiger partial charge in [0, 0.05) is 53.6 Å². The van der Waals surface area contributed by atoms with Crippen LogP contribution in [0.25, 0.3) is 99.6 Å². The molecule has 0 atom stereocenters. The quantitative estimate of drug-likeness (QED) is 0.163. The van der Waals surface area contributed by atoms with Gasteiger partial charge in [-0.2, -0.15) is 0 Å². The van der Waals surface area contributed by atoms with Crippen molar-refractivity contribution in [2.24, 2.45) is 0 Å². The number of rotatable bonds is 7. The lowest BCUT2D eigenvalue weighted by Gasteiger charge is -2.10. The fourth-order valence-electron chi connectivity index (χ4n) is 6.87. The summed E-state index contributed by atoms with van der Waals surface area (Å²) in [5.41, 5.74) is 7.85. The number of thiophene rings is 1. The van der Waals surface area contributed by atoms with Crippen LogP contribution in [0.2, 0.25) is 0 Å². The summed E-state index contributed by atoms with van der Waals surface area (Å²) in [5, 5.41) is 2.18. The summed E-state index contributed by atoms with van der Waals surface area (Å²) in [4.78, 5) is 30.2. The van der Waals surface area contributed by atoms with Crippen molar-refractivity contribution in [3.05, 3.63) is 182 Å². The number of benzene rings is 7. The first-order valence-corrected chi connectivity index (χ1v) is 18.9. The molecule has 0 aliphatic heterocycles. The number of hydrogen-bond acceptors (Lipinski definition) is 7. The molecule has 7 heteroatoms. The van der Waals surface area contributed by atoms with Crippen molar-refractivity contribution in [2.45, 2.75) is 0 Å². The normalized spacial score (nSPS) is 11.3. The first-order chi connectivity index (χ1) is 27.2. The summed E-state index contributed by atoms with van der Waals surface area (Å²) in [6.07, 6.45) is 0. The van der Waals surface area contributed by atoms with Crippen LogP contribution in [0.3, 0.4) is 0 Å². The highest BCUT2D eigenvalue weighted by Gasteiger charge is 2.19. The average molecular weight is 723 g/mol. The summed E-state index contributed by atoms with van der Waals surface area (Å²) in [6.45, 7) is 0. The minimum absolute atomic E-state index is 0.604. The van der Waals surface area contributed by atoms with E-state index in [0.717, 1.165) is 64.7 Å². The molecular weight excluding hydrogens is 693 g/mol. The maximum absolute atomic E-state index is 5.09. The lowest BCUT2D eigenvalue weighted by atomic mass is 10.0. The van der Waals surface area contributed by atoms with Crippen molar-refractivity contribution in [1.29, 1.82) is 0 Å². The van der Waals surface area contributed by atoms with Gasteiger partial charge in [-0.25, -0.2) is 29.9 Å². The molecule has 3 aromatic heterocycles. The van der Waals surface area contributed by atoms with Crippen LogP contribution in [0.4, 0.5) is 0 Å². The molecule has 10 aromatic rings. The van der Waals surface area contributed by atoms with E-state index in [-0.39, 0.29) is 0 Å². The second-order valence-electron chi connectivity index (χ2n) is 13.1. The zero-order chi connectivity index (χ0) is 36.6. The maximum atomic E-state index is 5.09. The largest absolute Gasteiger partial charge is 0.208 e. The Labute approximate surface area is 321 Å². The van der Waals surface area contributed by atoms with Gasteiger partial charge in [-0.15, -0.1) is 11.3 Å². The third-order valence-electron chi connectivity index (χ3n) is 9.61. The SMILES string of the molecule is c1ccc(-c2ccc(-c3nc(-c4ccccc4)nc(-c4ccc5sc6cccc(-c7nc(-c8ccccc8)nc(-c8ccccc8)n7)c6c5c4)n3)cc2)cc1. The molecule has 0 aliphatic rings. The smallest absolute Gasteiger partial charge is 0.164 e. The van der Waals surface area contributed by atoms with Gasteiger partial charge in [0.2, 0.25) is 0 Å². The van der Waals surface area contributed by atoms with Gasteiger partial charge in [0.05, 0.1) is 0 Å². The lowest BCUT2D eigenvalue weighted by molar-refractivity contribution is 1.07. The predicted octanol–water partition coefficient (Wildman–Crippen LogP) is 12.1. The molecule has 0 radical (unpaired) electrons. The highest BCUT2D eigenvalue weighted by molar-refractivity contribution is 7.26. The number of fused-ring (bicyclic) bond motifs is 3. The van der Waals surface area contributed by atoms with E-state index in [4.69, 9.17) is 29.9 Å². The molecule has 6 nitrogen and oxygen atoms in total. The Hall–Kier alpha value is -7.22. The second-order valence-corrected chi connectivity index (χ2v) is 14.2. The summed E-state index contributed by atoms with van der Waals surface area (Å²) < 4.78 is 2.30. The number of aromatic nitrogens is 6. The number of hydrogen-bond donors (Lipinski definition) is 0. The third-order valence-corrected chi connectivity index (χ3v) is 10.7. The molecule has 0 saturated heterocycles. The highest BCUT2D eigenvalue weighted by atomic mass is 32.1. The van der Waals surface area contributed by atoms with Gasteiger partial charge in [-0.05, 0) is 35.4 Å². The van der Waals surface area contributed by atoms with Gasteiger partial charge in [0.25, 0.3) is 0 Å². The van der Waals surface area contributed by atoms with E-state index in [9.17, 15) is 0 Å². The Balaban J connectivity index is 1.13. The highest BCUT2D eigenvalue weighted by Crippen LogP contribution is 2.41. The molecule has 0 aliphatic carbocycles. The Bertz CT molecular complexity index is 2890. The van der Waals surface area contributed by atoms with Gasteiger partial charge in [-0.3, -0.25) is 0 Å². The monoisotopic (exact) mass is 722 g/mol. The molecule has 10 rings (SSSR count). The van der Waals surface area contributed by atoms with E-state index in [0.29, 0.717) is 34.9 Å². The van der Waals surface area contributed by atoms with Crippen molar-refractivity contribution in [3.8, 4) is 79.5 Å². The fourth-order valence-corrected chi connectivity index (χ4v) is 7.99. The molecule has 0 fully saturated rings. The minimum atomic E-state index is 0.604. The van der Waals surface area contributed by atoms with Crippen LogP contribution in [0.1, 0.15) is 0 Å². The van der Waals surface area contributed by atoms with E-state index in [1.807, 2.05) is 97.1 Å². The lowest BCUT2D eigenvalue weighted by Crippen LogP contribution is -2.00. The predicted molar refractivity (Wildman–Crippen MR) is 224 cm³/mol. The molecule has 0 spiro atoms. The number of nitrogens with zero attached hydrogens (tertiary/aromatic N) is 6. The summed E-state index contributed by atoms with van der Waals surface area (Å²) in [5.74, 6) is 3.72. The van der Waals surface area contributed by atoms with Crippen molar-refractivity contribution >= 4 is 31.5 Å². The van der Waals surface area contributed by atoms with E-state index in [1.165, 1.54) is 0 Å². The van der Waals surface area contributed by atoms with Crippen molar-refractivity contribution < 1.29 is 0 Å². The molecule has 0 N–H and O–H groups in total. The molecule has 0 amide bonds. The van der Waals surface area contributed by atoms with Gasteiger partial charge >= 0.3 is 0 Å². The van der Waals surface area contributed by atoms with Crippen molar-refractivity contribution in [1.82, 2.24) is 29.9 Å². The zero-order valence-electron chi connectivity index (χ0n) is 29.4. The van der Waals surface area contributed by atoms with Crippen LogP contribution in [0.15, 0.2) is 182 Å². The summed E-state index contributed by atoms with van der Waals surface area (Å²) in [7, 11) is 0. The molecule has 7 aromatic carbocycles. The summed E-state index contributed by atoms with van der Waals surface area (Å²) in [6, 6.07) is 61.8. The first kappa shape index (κ1) is 32.4. The third kappa shape index (κ3) is 6.33. The van der Waals surface area contributed by atoms with E-state index < -0.39 is 0 Å². The Morgan fingerprint density at radius 3 is 1.16 bits per heavy atom. The Kier molecular flexibility index (Phi) is 8.24. The Morgan fingerprint density at radius 1 is 0.273 bits per heavy atom. The maximum Gasteiger partial charge on any atom is 0.164 e. The van der Waals surface area contributed by atoms with E-state index in [1.54, 1.807) is 11.3 Å². The molecule has 0 saturated carbocycles. The minimum Gasteiger partial charge on any atom is -0.208 e. The Morgan fingerprint density at radius 2 is 0.655 bits per heavy atom. The standard InChI is InChI=1S/C48H30N6S/c1-5-14-31(15-6-1)32-24-26-36(27-25-32)46-49-43(33-16-7-2-8-17-33)51-47(52-46)37-28-29-40-39(30-37)42-38(22-13-23-41(42)55-40)48-53-44(34-18-9-3-10-19-34)50-45(54-48)35-20-11-4-12-21-35/h1-30H. The van der Waals surface area contributed by atoms with Gasteiger partial charge in [-0.1, -0.05) is 158 Å². The molecule has 0 unspecified atom stereocenters. The van der Waals surface area contributed by atoms with Crippen LogP contribution >= 0.6 is 11.3 Å². The molecule has 0 bridgehead atoms. The van der Waals surface area contributed by atoms with Crippen molar-refractivity contribution in [2.75, 3.05) is 0 Å².